The van der Waals surface area contributed by atoms with E-state index in [0.717, 1.165) is 16.0 Å². The standard InChI is InChI=1S/C26H25N3O3/c1-2-26(21-14-7-4-8-15-21)24(31)29(25(32)28-26)18-23(30)27-22-16-10-9-13-20(22)17-19-11-5-3-6-12-19/h3-16H,2,17-18H2,1H3,(H,27,30)(H,28,32). The van der Waals surface area contributed by atoms with Gasteiger partial charge >= 0.3 is 6.03 Å². The van der Waals surface area contributed by atoms with Crippen molar-refractivity contribution in [1.29, 1.82) is 0 Å². The molecule has 2 N–H and O–H groups in total. The highest BCUT2D eigenvalue weighted by atomic mass is 16.2. The molecule has 1 atom stereocenters. The fraction of sp³-hybridized carbons (Fsp3) is 0.192. The van der Waals surface area contributed by atoms with Crippen LogP contribution in [-0.4, -0.2) is 29.3 Å². The minimum atomic E-state index is -1.15. The van der Waals surface area contributed by atoms with Crippen LogP contribution in [0.2, 0.25) is 0 Å². The van der Waals surface area contributed by atoms with Crippen molar-refractivity contribution in [3.63, 3.8) is 0 Å². The molecule has 3 aromatic carbocycles. The highest BCUT2D eigenvalue weighted by molar-refractivity contribution is 6.10. The number of benzene rings is 3. The van der Waals surface area contributed by atoms with Gasteiger partial charge in [0.15, 0.2) is 0 Å². The molecule has 1 unspecified atom stereocenters. The van der Waals surface area contributed by atoms with Crippen LogP contribution in [0.25, 0.3) is 0 Å². The second-order valence-electron chi connectivity index (χ2n) is 7.81. The Bertz CT molecular complexity index is 1130. The molecular weight excluding hydrogens is 402 g/mol. The van der Waals surface area contributed by atoms with Gasteiger partial charge in [-0.3, -0.25) is 14.5 Å². The molecule has 4 amide bonds. The number of para-hydroxylation sites is 1. The van der Waals surface area contributed by atoms with Crippen LogP contribution < -0.4 is 10.6 Å². The number of nitrogens with zero attached hydrogens (tertiary/aromatic N) is 1. The third-order valence-electron chi connectivity index (χ3n) is 5.80. The zero-order valence-electron chi connectivity index (χ0n) is 17.9. The van der Waals surface area contributed by atoms with Gasteiger partial charge in [0.2, 0.25) is 5.91 Å². The first kappa shape index (κ1) is 21.3. The summed E-state index contributed by atoms with van der Waals surface area (Å²) in [6.45, 7) is 1.49. The Kier molecular flexibility index (Phi) is 6.03. The number of nitrogens with one attached hydrogen (secondary N) is 2. The van der Waals surface area contributed by atoms with Gasteiger partial charge in [-0.1, -0.05) is 85.8 Å². The number of imide groups is 1. The molecule has 1 aliphatic heterocycles. The van der Waals surface area contributed by atoms with Gasteiger partial charge in [-0.2, -0.15) is 0 Å². The lowest BCUT2D eigenvalue weighted by atomic mass is 9.87. The number of anilines is 1. The van der Waals surface area contributed by atoms with Crippen molar-refractivity contribution in [1.82, 2.24) is 10.2 Å². The van der Waals surface area contributed by atoms with Crippen molar-refractivity contribution in [3.05, 3.63) is 102 Å². The van der Waals surface area contributed by atoms with E-state index >= 15 is 0 Å². The van der Waals surface area contributed by atoms with Crippen molar-refractivity contribution in [2.45, 2.75) is 25.3 Å². The summed E-state index contributed by atoms with van der Waals surface area (Å²) < 4.78 is 0. The topological polar surface area (TPSA) is 78.5 Å². The van der Waals surface area contributed by atoms with Crippen LogP contribution in [0, 0.1) is 0 Å². The van der Waals surface area contributed by atoms with Gasteiger partial charge in [0, 0.05) is 5.69 Å². The molecule has 0 saturated carbocycles. The highest BCUT2D eigenvalue weighted by Gasteiger charge is 2.51. The zero-order chi connectivity index (χ0) is 22.6. The summed E-state index contributed by atoms with van der Waals surface area (Å²) in [6.07, 6.45) is 1.05. The van der Waals surface area contributed by atoms with Crippen LogP contribution >= 0.6 is 0 Å². The third-order valence-corrected chi connectivity index (χ3v) is 5.80. The average molecular weight is 428 g/mol. The number of urea groups is 1. The molecule has 162 valence electrons. The molecule has 0 spiro atoms. The van der Waals surface area contributed by atoms with Gasteiger partial charge in [-0.05, 0) is 35.6 Å². The second kappa shape index (κ2) is 9.06. The largest absolute Gasteiger partial charge is 0.325 e. The average Bonchev–Trinajstić information content (AvgIpc) is 3.07. The van der Waals surface area contributed by atoms with Crippen LogP contribution in [0.15, 0.2) is 84.9 Å². The summed E-state index contributed by atoms with van der Waals surface area (Å²) in [5, 5.41) is 5.68. The smallest absolute Gasteiger partial charge is 0.324 e. The Hall–Kier alpha value is -3.93. The number of amides is 4. The van der Waals surface area contributed by atoms with Gasteiger partial charge < -0.3 is 10.6 Å². The van der Waals surface area contributed by atoms with Crippen LogP contribution in [0.4, 0.5) is 10.5 Å². The molecule has 1 aliphatic rings. The maximum atomic E-state index is 13.2. The van der Waals surface area contributed by atoms with E-state index in [-0.39, 0.29) is 6.54 Å². The van der Waals surface area contributed by atoms with Crippen LogP contribution in [0.3, 0.4) is 0 Å². The van der Waals surface area contributed by atoms with E-state index in [1.807, 2.05) is 91.9 Å². The van der Waals surface area contributed by atoms with E-state index in [0.29, 0.717) is 24.1 Å². The van der Waals surface area contributed by atoms with E-state index < -0.39 is 23.4 Å². The third kappa shape index (κ3) is 4.12. The van der Waals surface area contributed by atoms with Gasteiger partial charge in [-0.15, -0.1) is 0 Å². The van der Waals surface area contributed by atoms with Crippen molar-refractivity contribution in [2.24, 2.45) is 0 Å². The molecule has 3 aromatic rings. The quantitative estimate of drug-likeness (QED) is 0.558. The zero-order valence-corrected chi connectivity index (χ0v) is 17.9. The maximum absolute atomic E-state index is 13.2. The Morgan fingerprint density at radius 1 is 0.906 bits per heavy atom. The first-order chi connectivity index (χ1) is 15.5. The number of carbonyl (C=O) groups excluding carboxylic acids is 3. The van der Waals surface area contributed by atoms with Gasteiger partial charge in [-0.25, -0.2) is 4.79 Å². The lowest BCUT2D eigenvalue weighted by Gasteiger charge is -2.25. The fourth-order valence-electron chi connectivity index (χ4n) is 4.08. The number of rotatable bonds is 7. The summed E-state index contributed by atoms with van der Waals surface area (Å²) in [6, 6.07) is 26.1. The molecule has 1 saturated heterocycles. The minimum absolute atomic E-state index is 0.348. The van der Waals surface area contributed by atoms with E-state index in [2.05, 4.69) is 10.6 Å². The predicted molar refractivity (Wildman–Crippen MR) is 123 cm³/mol. The number of hydrogen-bond acceptors (Lipinski definition) is 3. The Morgan fingerprint density at radius 3 is 2.22 bits per heavy atom. The molecule has 0 bridgehead atoms. The molecule has 1 heterocycles. The van der Waals surface area contributed by atoms with Crippen LogP contribution in [0.1, 0.15) is 30.0 Å². The minimum Gasteiger partial charge on any atom is -0.324 e. The molecular formula is C26H25N3O3. The van der Waals surface area contributed by atoms with Gasteiger partial charge in [0.25, 0.3) is 5.91 Å². The van der Waals surface area contributed by atoms with Crippen LogP contribution in [-0.2, 0) is 21.5 Å². The van der Waals surface area contributed by atoms with Crippen molar-refractivity contribution in [2.75, 3.05) is 11.9 Å². The van der Waals surface area contributed by atoms with E-state index in [9.17, 15) is 14.4 Å². The molecule has 1 fully saturated rings. The van der Waals surface area contributed by atoms with E-state index in [1.54, 1.807) is 0 Å². The Balaban J connectivity index is 1.49. The summed E-state index contributed by atoms with van der Waals surface area (Å²) in [7, 11) is 0. The lowest BCUT2D eigenvalue weighted by molar-refractivity contribution is -0.134. The fourth-order valence-corrected chi connectivity index (χ4v) is 4.08. The van der Waals surface area contributed by atoms with E-state index in [1.165, 1.54) is 0 Å². The van der Waals surface area contributed by atoms with Crippen molar-refractivity contribution >= 4 is 23.5 Å². The summed E-state index contributed by atoms with van der Waals surface area (Å²) >= 11 is 0. The number of hydrogen-bond donors (Lipinski definition) is 2. The normalized spacial score (nSPS) is 17.8. The Morgan fingerprint density at radius 2 is 1.53 bits per heavy atom. The second-order valence-corrected chi connectivity index (χ2v) is 7.81. The molecule has 0 aliphatic carbocycles. The molecule has 0 aromatic heterocycles. The Labute approximate surface area is 187 Å². The predicted octanol–water partition coefficient (Wildman–Crippen LogP) is 4.07. The molecule has 4 rings (SSSR count). The number of carbonyl (C=O) groups is 3. The van der Waals surface area contributed by atoms with E-state index in [4.69, 9.17) is 0 Å². The molecule has 0 radical (unpaired) electrons. The first-order valence-corrected chi connectivity index (χ1v) is 10.6. The molecule has 32 heavy (non-hydrogen) atoms. The summed E-state index contributed by atoms with van der Waals surface area (Å²) in [4.78, 5) is 39.7. The summed E-state index contributed by atoms with van der Waals surface area (Å²) in [5.74, 6) is -0.835. The van der Waals surface area contributed by atoms with Crippen molar-refractivity contribution in [3.8, 4) is 0 Å². The monoisotopic (exact) mass is 427 g/mol. The van der Waals surface area contributed by atoms with Gasteiger partial charge in [0.05, 0.1) is 0 Å². The molecule has 6 nitrogen and oxygen atoms in total. The van der Waals surface area contributed by atoms with Crippen molar-refractivity contribution < 1.29 is 14.4 Å². The maximum Gasteiger partial charge on any atom is 0.325 e. The SMILES string of the molecule is CCC1(c2ccccc2)NC(=O)N(CC(=O)Nc2ccccc2Cc2ccccc2)C1=O. The summed E-state index contributed by atoms with van der Waals surface area (Å²) in [5.41, 5.74) is 2.30. The molecule has 6 heteroatoms. The van der Waals surface area contributed by atoms with Gasteiger partial charge in [0.1, 0.15) is 12.1 Å². The van der Waals surface area contributed by atoms with Crippen LogP contribution in [0.5, 0.6) is 0 Å². The highest BCUT2D eigenvalue weighted by Crippen LogP contribution is 2.32. The first-order valence-electron chi connectivity index (χ1n) is 10.6. The lowest BCUT2D eigenvalue weighted by Crippen LogP contribution is -2.44.